The van der Waals surface area contributed by atoms with Crippen molar-refractivity contribution in [3.63, 3.8) is 0 Å². The first kappa shape index (κ1) is 14.2. The number of carbonyl (C=O) groups is 1. The van der Waals surface area contributed by atoms with Gasteiger partial charge in [-0.3, -0.25) is 4.79 Å². The van der Waals surface area contributed by atoms with Crippen molar-refractivity contribution in [1.29, 1.82) is 0 Å². The zero-order chi connectivity index (χ0) is 14.8. The molecule has 3 nitrogen and oxygen atoms in total. The average Bonchev–Trinajstić information content (AvgIpc) is 2.55. The van der Waals surface area contributed by atoms with Gasteiger partial charge in [-0.1, -0.05) is 48.5 Å². The van der Waals surface area contributed by atoms with Crippen LogP contribution >= 0.6 is 11.8 Å². The summed E-state index contributed by atoms with van der Waals surface area (Å²) in [5.41, 5.74) is 1.82. The maximum Gasteiger partial charge on any atom is 0.313 e. The second kappa shape index (κ2) is 5.92. The minimum Gasteiger partial charge on any atom is -0.469 e. The van der Waals surface area contributed by atoms with Crippen molar-refractivity contribution >= 4 is 17.7 Å². The summed E-state index contributed by atoms with van der Waals surface area (Å²) in [6.07, 6.45) is -0.847. The summed E-state index contributed by atoms with van der Waals surface area (Å²) in [6, 6.07) is 17.4. The van der Waals surface area contributed by atoms with E-state index >= 15 is 0 Å². The smallest absolute Gasteiger partial charge is 0.313 e. The largest absolute Gasteiger partial charge is 0.469 e. The van der Waals surface area contributed by atoms with Crippen molar-refractivity contribution in [1.82, 2.24) is 0 Å². The Hall–Kier alpha value is -1.78. The summed E-state index contributed by atoms with van der Waals surface area (Å²) >= 11 is 1.60. The molecule has 21 heavy (non-hydrogen) atoms. The van der Waals surface area contributed by atoms with Crippen LogP contribution in [0.5, 0.6) is 0 Å². The average molecular weight is 300 g/mol. The fourth-order valence-electron chi connectivity index (χ4n) is 2.71. The molecule has 0 bridgehead atoms. The van der Waals surface area contributed by atoms with Crippen molar-refractivity contribution in [2.24, 2.45) is 5.92 Å². The number of esters is 1. The molecule has 1 aliphatic rings. The molecule has 0 saturated carbocycles. The van der Waals surface area contributed by atoms with Gasteiger partial charge in [0.2, 0.25) is 0 Å². The molecule has 0 saturated heterocycles. The maximum atomic E-state index is 12.2. The number of hydrogen-bond donors (Lipinski definition) is 1. The molecular formula is C17H16O3S. The third kappa shape index (κ3) is 2.57. The van der Waals surface area contributed by atoms with Crippen LogP contribution in [0, 0.1) is 5.92 Å². The van der Waals surface area contributed by atoms with Crippen LogP contribution in [-0.2, 0) is 9.53 Å². The third-order valence-corrected chi connectivity index (χ3v) is 5.20. The Bertz CT molecular complexity index is 641. The van der Waals surface area contributed by atoms with Crippen molar-refractivity contribution < 1.29 is 14.6 Å². The number of carbonyl (C=O) groups excluding carboxylic acids is 1. The predicted octanol–water partition coefficient (Wildman–Crippen LogP) is 3.36. The number of rotatable bonds is 2. The maximum absolute atomic E-state index is 12.2. The van der Waals surface area contributed by atoms with Gasteiger partial charge in [0, 0.05) is 4.90 Å². The highest BCUT2D eigenvalue weighted by atomic mass is 32.2. The molecule has 0 amide bonds. The minimum atomic E-state index is -0.847. The first-order chi connectivity index (χ1) is 10.2. The van der Waals surface area contributed by atoms with E-state index in [1.807, 2.05) is 54.6 Å². The van der Waals surface area contributed by atoms with Crippen LogP contribution in [0.15, 0.2) is 59.5 Å². The quantitative estimate of drug-likeness (QED) is 0.864. The van der Waals surface area contributed by atoms with E-state index in [2.05, 4.69) is 0 Å². The topological polar surface area (TPSA) is 46.5 Å². The van der Waals surface area contributed by atoms with E-state index < -0.39 is 12.0 Å². The lowest BCUT2D eigenvalue weighted by Gasteiger charge is -2.34. The summed E-state index contributed by atoms with van der Waals surface area (Å²) in [5.74, 6) is -0.976. The molecule has 0 unspecified atom stereocenters. The Balaban J connectivity index is 2.07. The highest BCUT2D eigenvalue weighted by Crippen LogP contribution is 2.52. The summed E-state index contributed by atoms with van der Waals surface area (Å²) in [7, 11) is 1.36. The molecule has 0 spiro atoms. The van der Waals surface area contributed by atoms with Gasteiger partial charge in [-0.15, -0.1) is 11.8 Å². The Morgan fingerprint density at radius 2 is 1.76 bits per heavy atom. The van der Waals surface area contributed by atoms with Crippen molar-refractivity contribution in [2.75, 3.05) is 7.11 Å². The molecular weight excluding hydrogens is 284 g/mol. The number of fused-ring (bicyclic) bond motifs is 1. The van der Waals surface area contributed by atoms with Gasteiger partial charge in [0.15, 0.2) is 0 Å². The van der Waals surface area contributed by atoms with E-state index in [1.54, 1.807) is 11.8 Å². The molecule has 0 fully saturated rings. The van der Waals surface area contributed by atoms with Crippen molar-refractivity contribution in [3.8, 4) is 0 Å². The Morgan fingerprint density at radius 1 is 1.10 bits per heavy atom. The lowest BCUT2D eigenvalue weighted by Crippen LogP contribution is -2.31. The summed E-state index contributed by atoms with van der Waals surface area (Å²) in [4.78, 5) is 13.2. The minimum absolute atomic E-state index is 0.149. The molecule has 1 N–H and O–H groups in total. The van der Waals surface area contributed by atoms with Gasteiger partial charge in [-0.05, 0) is 17.2 Å². The lowest BCUT2D eigenvalue weighted by atomic mass is 9.88. The van der Waals surface area contributed by atoms with E-state index in [4.69, 9.17) is 4.74 Å². The van der Waals surface area contributed by atoms with Gasteiger partial charge >= 0.3 is 5.97 Å². The fraction of sp³-hybridized carbons (Fsp3) is 0.235. The number of aliphatic hydroxyl groups excluding tert-OH is 1. The van der Waals surface area contributed by atoms with Crippen LogP contribution in [0.2, 0.25) is 0 Å². The normalized spacial score (nSPS) is 24.2. The first-order valence-corrected chi connectivity index (χ1v) is 7.66. The summed E-state index contributed by atoms with van der Waals surface area (Å²) in [6.45, 7) is 0. The highest BCUT2D eigenvalue weighted by Gasteiger charge is 2.42. The van der Waals surface area contributed by atoms with E-state index in [0.717, 1.165) is 16.0 Å². The van der Waals surface area contributed by atoms with Gasteiger partial charge in [-0.25, -0.2) is 0 Å². The molecule has 0 aliphatic carbocycles. The van der Waals surface area contributed by atoms with Gasteiger partial charge in [0.05, 0.1) is 18.5 Å². The predicted molar refractivity (Wildman–Crippen MR) is 81.9 cm³/mol. The van der Waals surface area contributed by atoms with E-state index in [9.17, 15) is 9.90 Å². The monoisotopic (exact) mass is 300 g/mol. The summed E-state index contributed by atoms with van der Waals surface area (Å²) < 4.78 is 4.91. The van der Waals surface area contributed by atoms with Crippen LogP contribution in [-0.4, -0.2) is 18.2 Å². The molecule has 3 rings (SSSR count). The highest BCUT2D eigenvalue weighted by molar-refractivity contribution is 7.99. The molecule has 108 valence electrons. The zero-order valence-electron chi connectivity index (χ0n) is 11.6. The molecule has 0 aromatic heterocycles. The standard InChI is InChI=1S/C17H16O3S/c1-20-17(19)14-15(18)12-9-5-6-10-13(12)21-16(14)11-7-3-2-4-8-11/h2-10,14-16,18H,1H3/t14-,15+,16-/m0/s1. The van der Waals surface area contributed by atoms with Crippen molar-refractivity contribution in [2.45, 2.75) is 16.2 Å². The van der Waals surface area contributed by atoms with E-state index in [1.165, 1.54) is 7.11 Å². The molecule has 2 aromatic rings. The van der Waals surface area contributed by atoms with Crippen LogP contribution in [0.3, 0.4) is 0 Å². The summed E-state index contributed by atoms with van der Waals surface area (Å²) in [5, 5.41) is 10.5. The lowest BCUT2D eigenvalue weighted by molar-refractivity contribution is -0.150. The molecule has 0 radical (unpaired) electrons. The fourth-order valence-corrected chi connectivity index (χ4v) is 4.16. The Kier molecular flexibility index (Phi) is 3.99. The number of hydrogen-bond acceptors (Lipinski definition) is 4. The van der Waals surface area contributed by atoms with Gasteiger partial charge in [0.1, 0.15) is 5.92 Å². The van der Waals surface area contributed by atoms with Crippen LogP contribution in [0.25, 0.3) is 0 Å². The number of thioether (sulfide) groups is 1. The molecule has 1 aliphatic heterocycles. The van der Waals surface area contributed by atoms with E-state index in [0.29, 0.717) is 0 Å². The Morgan fingerprint density at radius 3 is 2.48 bits per heavy atom. The first-order valence-electron chi connectivity index (χ1n) is 6.79. The van der Waals surface area contributed by atoms with Crippen molar-refractivity contribution in [3.05, 3.63) is 65.7 Å². The van der Waals surface area contributed by atoms with Gasteiger partial charge < -0.3 is 9.84 Å². The number of ether oxygens (including phenoxy) is 1. The SMILES string of the molecule is COC(=O)[C@H]1[C@H](O)c2ccccc2S[C@H]1c1ccccc1. The van der Waals surface area contributed by atoms with Gasteiger partial charge in [-0.2, -0.15) is 0 Å². The molecule has 4 heteroatoms. The number of benzene rings is 2. The van der Waals surface area contributed by atoms with Gasteiger partial charge in [0.25, 0.3) is 0 Å². The van der Waals surface area contributed by atoms with E-state index in [-0.39, 0.29) is 11.2 Å². The third-order valence-electron chi connectivity index (χ3n) is 3.76. The number of methoxy groups -OCH3 is 1. The second-order valence-corrected chi connectivity index (χ2v) is 6.16. The molecule has 1 heterocycles. The van der Waals surface area contributed by atoms with Crippen LogP contribution in [0.1, 0.15) is 22.5 Å². The number of aliphatic hydroxyl groups is 1. The zero-order valence-corrected chi connectivity index (χ0v) is 12.4. The molecule has 2 aromatic carbocycles. The van der Waals surface area contributed by atoms with Crippen LogP contribution in [0.4, 0.5) is 0 Å². The van der Waals surface area contributed by atoms with Crippen LogP contribution < -0.4 is 0 Å². The second-order valence-electron chi connectivity index (χ2n) is 4.98. The Labute approximate surface area is 127 Å². The molecule has 3 atom stereocenters.